The zero-order chi connectivity index (χ0) is 28.7. The first-order valence-corrected chi connectivity index (χ1v) is 15.7. The summed E-state index contributed by atoms with van der Waals surface area (Å²) in [6.45, 7) is 7.43. The lowest BCUT2D eigenvalue weighted by molar-refractivity contribution is -0.122. The maximum atomic E-state index is 13.3. The predicted octanol–water partition coefficient (Wildman–Crippen LogP) is 4.55. The van der Waals surface area contributed by atoms with Gasteiger partial charge in [0.05, 0.1) is 5.56 Å². The third kappa shape index (κ3) is 5.81. The SMILES string of the molecule is CC1(C)CC(=O)c2c3c(n(-c4ccc(C(N)=O)c(N[C@H]5CC[C@H](NC(=O)CCN6CCCC6)CC5)c4)c2C1)CCC3. The van der Waals surface area contributed by atoms with E-state index in [2.05, 4.69) is 40.0 Å². The number of nitrogens with zero attached hydrogens (tertiary/aromatic N) is 2. The Bertz CT molecular complexity index is 1350. The topological polar surface area (TPSA) is 109 Å². The number of rotatable bonds is 8. The molecule has 0 bridgehead atoms. The molecule has 6 rings (SSSR count). The summed E-state index contributed by atoms with van der Waals surface area (Å²) in [5.41, 5.74) is 12.5. The van der Waals surface area contributed by atoms with E-state index in [-0.39, 0.29) is 29.2 Å². The lowest BCUT2D eigenvalue weighted by atomic mass is 9.75. The van der Waals surface area contributed by atoms with E-state index in [4.69, 9.17) is 5.73 Å². The van der Waals surface area contributed by atoms with Crippen molar-refractivity contribution in [1.29, 1.82) is 0 Å². The Morgan fingerprint density at radius 2 is 1.71 bits per heavy atom. The molecule has 0 unspecified atom stereocenters. The third-order valence-corrected chi connectivity index (χ3v) is 9.72. The molecule has 2 heterocycles. The Morgan fingerprint density at radius 1 is 0.976 bits per heavy atom. The number of hydrogen-bond acceptors (Lipinski definition) is 5. The first-order valence-electron chi connectivity index (χ1n) is 15.7. The van der Waals surface area contributed by atoms with Gasteiger partial charge in [0.15, 0.2) is 5.78 Å². The summed E-state index contributed by atoms with van der Waals surface area (Å²) in [7, 11) is 0. The number of likely N-dealkylation sites (tertiary alicyclic amines) is 1. The van der Waals surface area contributed by atoms with Crippen LogP contribution >= 0.6 is 0 Å². The lowest BCUT2D eigenvalue weighted by Gasteiger charge is -2.31. The van der Waals surface area contributed by atoms with Crippen molar-refractivity contribution < 1.29 is 14.4 Å². The first-order chi connectivity index (χ1) is 19.7. The average molecular weight is 560 g/mol. The van der Waals surface area contributed by atoms with Gasteiger partial charge in [-0.2, -0.15) is 0 Å². The molecule has 2 aromatic rings. The summed E-state index contributed by atoms with van der Waals surface area (Å²) in [5, 5.41) is 6.89. The van der Waals surface area contributed by atoms with Crippen molar-refractivity contribution >= 4 is 23.3 Å². The van der Waals surface area contributed by atoms with E-state index in [1.54, 1.807) is 0 Å². The number of amides is 2. The molecule has 8 nitrogen and oxygen atoms in total. The van der Waals surface area contributed by atoms with Gasteiger partial charge in [0, 0.05) is 59.8 Å². The van der Waals surface area contributed by atoms with E-state index in [0.717, 1.165) is 93.6 Å². The number of carbonyl (C=O) groups excluding carboxylic acids is 3. The van der Waals surface area contributed by atoms with E-state index in [1.165, 1.54) is 24.1 Å². The molecule has 0 spiro atoms. The van der Waals surface area contributed by atoms with Crippen molar-refractivity contribution in [3.63, 3.8) is 0 Å². The molecule has 4 N–H and O–H groups in total. The smallest absolute Gasteiger partial charge is 0.250 e. The number of nitrogens with one attached hydrogen (secondary N) is 2. The Hall–Kier alpha value is -3.13. The number of anilines is 1. The van der Waals surface area contributed by atoms with Crippen molar-refractivity contribution in [3.05, 3.63) is 46.3 Å². The van der Waals surface area contributed by atoms with Gasteiger partial charge in [0.1, 0.15) is 0 Å². The highest BCUT2D eigenvalue weighted by Crippen LogP contribution is 2.43. The van der Waals surface area contributed by atoms with E-state index >= 15 is 0 Å². The van der Waals surface area contributed by atoms with Gasteiger partial charge in [-0.05, 0) is 106 Å². The van der Waals surface area contributed by atoms with Gasteiger partial charge >= 0.3 is 0 Å². The first kappa shape index (κ1) is 28.0. The molecule has 1 aliphatic heterocycles. The van der Waals surface area contributed by atoms with Gasteiger partial charge < -0.3 is 25.8 Å². The average Bonchev–Trinajstić information content (AvgIpc) is 3.66. The second kappa shape index (κ2) is 11.3. The molecule has 0 atom stereocenters. The number of aromatic nitrogens is 1. The zero-order valence-electron chi connectivity index (χ0n) is 24.7. The third-order valence-electron chi connectivity index (χ3n) is 9.72. The van der Waals surface area contributed by atoms with Gasteiger partial charge in [0.2, 0.25) is 5.91 Å². The van der Waals surface area contributed by atoms with Crippen molar-refractivity contribution in [3.8, 4) is 5.69 Å². The zero-order valence-corrected chi connectivity index (χ0v) is 24.7. The van der Waals surface area contributed by atoms with Gasteiger partial charge in [-0.3, -0.25) is 14.4 Å². The van der Waals surface area contributed by atoms with Crippen LogP contribution in [0.1, 0.15) is 109 Å². The second-order valence-corrected chi connectivity index (χ2v) is 13.5. The van der Waals surface area contributed by atoms with E-state index in [0.29, 0.717) is 18.4 Å². The number of hydrogen-bond donors (Lipinski definition) is 3. The second-order valence-electron chi connectivity index (χ2n) is 13.5. The minimum atomic E-state index is -0.450. The van der Waals surface area contributed by atoms with Crippen LogP contribution in [0.5, 0.6) is 0 Å². The molecule has 41 heavy (non-hydrogen) atoms. The van der Waals surface area contributed by atoms with Crippen LogP contribution in [0.4, 0.5) is 5.69 Å². The summed E-state index contributed by atoms with van der Waals surface area (Å²) < 4.78 is 2.31. The summed E-state index contributed by atoms with van der Waals surface area (Å²) >= 11 is 0. The monoisotopic (exact) mass is 559 g/mol. The lowest BCUT2D eigenvalue weighted by Crippen LogP contribution is -2.41. The van der Waals surface area contributed by atoms with Crippen molar-refractivity contribution in [2.75, 3.05) is 25.0 Å². The molecule has 220 valence electrons. The highest BCUT2D eigenvalue weighted by molar-refractivity contribution is 6.01. The molecule has 0 radical (unpaired) electrons. The van der Waals surface area contributed by atoms with Crippen molar-refractivity contribution in [2.24, 2.45) is 11.1 Å². The van der Waals surface area contributed by atoms with E-state index in [9.17, 15) is 14.4 Å². The molecule has 8 heteroatoms. The van der Waals surface area contributed by atoms with Gasteiger partial charge in [0.25, 0.3) is 5.91 Å². The summed E-state index contributed by atoms with van der Waals surface area (Å²) in [6, 6.07) is 6.26. The van der Waals surface area contributed by atoms with Crippen LogP contribution in [0.15, 0.2) is 18.2 Å². The highest BCUT2D eigenvalue weighted by Gasteiger charge is 2.39. The molecule has 2 fully saturated rings. The molecular formula is C33H45N5O3. The highest BCUT2D eigenvalue weighted by atomic mass is 16.2. The quantitative estimate of drug-likeness (QED) is 0.440. The fourth-order valence-corrected chi connectivity index (χ4v) is 7.71. The molecule has 4 aliphatic rings. The predicted molar refractivity (Wildman–Crippen MR) is 161 cm³/mol. The summed E-state index contributed by atoms with van der Waals surface area (Å²) in [5.74, 6) is -0.0319. The van der Waals surface area contributed by atoms with Crippen LogP contribution in [0.3, 0.4) is 0 Å². The summed E-state index contributed by atoms with van der Waals surface area (Å²) in [4.78, 5) is 40.6. The summed E-state index contributed by atoms with van der Waals surface area (Å²) in [6.07, 6.45) is 11.1. The van der Waals surface area contributed by atoms with Crippen LogP contribution in [0, 0.1) is 5.41 Å². The molecule has 1 saturated carbocycles. The van der Waals surface area contributed by atoms with Crippen LogP contribution in [0.2, 0.25) is 0 Å². The van der Waals surface area contributed by atoms with E-state index < -0.39 is 5.91 Å². The molecule has 1 saturated heterocycles. The van der Waals surface area contributed by atoms with Crippen LogP contribution in [-0.4, -0.2) is 58.8 Å². The molecule has 3 aliphatic carbocycles. The van der Waals surface area contributed by atoms with E-state index in [1.807, 2.05) is 12.1 Å². The maximum Gasteiger partial charge on any atom is 0.250 e. The minimum Gasteiger partial charge on any atom is -0.382 e. The fourth-order valence-electron chi connectivity index (χ4n) is 7.71. The maximum absolute atomic E-state index is 13.3. The number of ketones is 1. The van der Waals surface area contributed by atoms with Gasteiger partial charge in [-0.25, -0.2) is 0 Å². The standard InChI is InChI=1S/C33H45N5O3/c1-33(2)19-28-31(29(39)20-33)25-6-5-7-27(25)38(28)23-12-13-24(32(34)41)26(18-23)35-21-8-10-22(11-9-21)36-30(40)14-17-37-15-3-4-16-37/h12-13,18,21-22,35H,3-11,14-17,19-20H2,1-2H3,(H2,34,41)(H,36,40)/t21-,22-. The van der Waals surface area contributed by atoms with Gasteiger partial charge in [-0.1, -0.05) is 13.8 Å². The Labute approximate surface area is 243 Å². The normalized spacial score (nSPS) is 23.7. The Kier molecular flexibility index (Phi) is 7.70. The Balaban J connectivity index is 1.17. The number of benzene rings is 1. The molecule has 1 aromatic carbocycles. The number of Topliss-reactive ketones (excluding diaryl/α,β-unsaturated/α-hetero) is 1. The van der Waals surface area contributed by atoms with Crippen molar-refractivity contribution in [2.45, 2.75) is 103 Å². The number of nitrogens with two attached hydrogens (primary N) is 1. The van der Waals surface area contributed by atoms with Crippen LogP contribution < -0.4 is 16.4 Å². The van der Waals surface area contributed by atoms with Crippen molar-refractivity contribution in [1.82, 2.24) is 14.8 Å². The molecule has 2 amide bonds. The van der Waals surface area contributed by atoms with Crippen LogP contribution in [0.25, 0.3) is 5.69 Å². The minimum absolute atomic E-state index is 0.0790. The van der Waals surface area contributed by atoms with Crippen LogP contribution in [-0.2, 0) is 24.1 Å². The number of fused-ring (bicyclic) bond motifs is 3. The number of carbonyl (C=O) groups is 3. The fraction of sp³-hybridized carbons (Fsp3) is 0.606. The van der Waals surface area contributed by atoms with Gasteiger partial charge in [-0.15, -0.1) is 0 Å². The molecular weight excluding hydrogens is 514 g/mol. The largest absolute Gasteiger partial charge is 0.382 e. The number of primary amides is 1. The Morgan fingerprint density at radius 3 is 2.44 bits per heavy atom. The molecule has 1 aromatic heterocycles.